The molecule has 1 aromatic carbocycles. The fourth-order valence-corrected chi connectivity index (χ4v) is 2.64. The maximum Gasteiger partial charge on any atom is 0.0975 e. The van der Waals surface area contributed by atoms with Gasteiger partial charge in [-0.2, -0.15) is 5.10 Å². The van der Waals surface area contributed by atoms with Gasteiger partial charge in [-0.3, -0.25) is 0 Å². The van der Waals surface area contributed by atoms with E-state index in [2.05, 4.69) is 9.82 Å². The van der Waals surface area contributed by atoms with E-state index in [1.54, 1.807) is 10.9 Å². The van der Waals surface area contributed by atoms with Gasteiger partial charge in [-0.15, -0.1) is 0 Å². The highest BCUT2D eigenvalue weighted by Gasteiger charge is 2.22. The zero-order valence-electron chi connectivity index (χ0n) is 12.6. The molecule has 0 aliphatic carbocycles. The zero-order chi connectivity index (χ0) is 15.6. The van der Waals surface area contributed by atoms with E-state index in [0.717, 1.165) is 11.3 Å². The van der Waals surface area contributed by atoms with Crippen molar-refractivity contribution in [2.75, 3.05) is 0 Å². The van der Waals surface area contributed by atoms with E-state index in [-0.39, 0.29) is 10.8 Å². The molecule has 0 radical (unpaired) electrons. The molecular weight excluding hydrogens is 306 g/mol. The summed E-state index contributed by atoms with van der Waals surface area (Å²) in [6.07, 6.45) is 3.72. The van der Waals surface area contributed by atoms with Gasteiger partial charge < -0.3 is 0 Å². The second-order valence-electron chi connectivity index (χ2n) is 5.92. The van der Waals surface area contributed by atoms with E-state index in [4.69, 9.17) is 11.6 Å². The second-order valence-corrected chi connectivity index (χ2v) is 8.35. The third-order valence-corrected chi connectivity index (χ3v) is 4.97. The molecule has 0 spiro atoms. The number of nitrogens with one attached hydrogen (secondary N) is 1. The van der Waals surface area contributed by atoms with Gasteiger partial charge >= 0.3 is 0 Å². The minimum absolute atomic E-state index is 0.0360. The Morgan fingerprint density at radius 2 is 1.90 bits per heavy atom. The SMILES string of the molecule is C[C@H](N[S@@](=O)C(C)(C)C)c1cnn(-c2ccc(Cl)cc2)c1. The fourth-order valence-electron chi connectivity index (χ4n) is 1.70. The molecule has 0 amide bonds. The van der Waals surface area contributed by atoms with Crippen molar-refractivity contribution in [2.24, 2.45) is 0 Å². The molecule has 1 heterocycles. The Bertz CT molecular complexity index is 631. The van der Waals surface area contributed by atoms with E-state index in [1.165, 1.54) is 0 Å². The van der Waals surface area contributed by atoms with Gasteiger partial charge in [0, 0.05) is 22.8 Å². The Hall–Kier alpha value is -1.17. The first kappa shape index (κ1) is 16.2. The molecule has 21 heavy (non-hydrogen) atoms. The van der Waals surface area contributed by atoms with Gasteiger partial charge in [0.15, 0.2) is 0 Å². The highest BCUT2D eigenvalue weighted by Crippen LogP contribution is 2.19. The molecule has 0 aliphatic heterocycles. The van der Waals surface area contributed by atoms with Crippen molar-refractivity contribution >= 4 is 22.6 Å². The third kappa shape index (κ3) is 4.15. The number of aromatic nitrogens is 2. The molecule has 1 N–H and O–H groups in total. The molecule has 6 heteroatoms. The molecule has 4 nitrogen and oxygen atoms in total. The second kappa shape index (κ2) is 6.30. The molecule has 0 unspecified atom stereocenters. The van der Waals surface area contributed by atoms with Gasteiger partial charge in [0.25, 0.3) is 0 Å². The van der Waals surface area contributed by atoms with Crippen molar-refractivity contribution < 1.29 is 4.21 Å². The summed E-state index contributed by atoms with van der Waals surface area (Å²) in [6.45, 7) is 7.81. The standard InChI is InChI=1S/C15H20ClN3OS/c1-11(18-21(20)15(2,3)4)12-9-17-19(10-12)14-7-5-13(16)6-8-14/h5-11,18H,1-4H3/t11-,21-/m0/s1. The van der Waals surface area contributed by atoms with Crippen LogP contribution >= 0.6 is 11.6 Å². The van der Waals surface area contributed by atoms with Crippen LogP contribution in [0.1, 0.15) is 39.3 Å². The van der Waals surface area contributed by atoms with Crippen molar-refractivity contribution in [2.45, 2.75) is 38.5 Å². The molecule has 0 bridgehead atoms. The summed E-state index contributed by atoms with van der Waals surface area (Å²) in [6, 6.07) is 7.43. The largest absolute Gasteiger partial charge is 0.242 e. The first-order valence-corrected chi connectivity index (χ1v) is 8.29. The van der Waals surface area contributed by atoms with Crippen LogP contribution < -0.4 is 4.72 Å². The Kier molecular flexibility index (Phi) is 4.86. The Balaban J connectivity index is 2.12. The van der Waals surface area contributed by atoms with E-state index < -0.39 is 11.0 Å². The van der Waals surface area contributed by atoms with Crippen LogP contribution in [-0.4, -0.2) is 18.7 Å². The average Bonchev–Trinajstić information content (AvgIpc) is 2.88. The maximum atomic E-state index is 12.1. The van der Waals surface area contributed by atoms with Crippen LogP contribution in [0.3, 0.4) is 0 Å². The van der Waals surface area contributed by atoms with Gasteiger partial charge in [-0.25, -0.2) is 13.6 Å². The summed E-state index contributed by atoms with van der Waals surface area (Å²) < 4.78 is 16.7. The van der Waals surface area contributed by atoms with Crippen LogP contribution in [-0.2, 0) is 11.0 Å². The lowest BCUT2D eigenvalue weighted by atomic mass is 10.2. The minimum atomic E-state index is -1.11. The van der Waals surface area contributed by atoms with E-state index in [9.17, 15) is 4.21 Å². The Morgan fingerprint density at radius 3 is 2.48 bits per heavy atom. The lowest BCUT2D eigenvalue weighted by Gasteiger charge is -2.21. The van der Waals surface area contributed by atoms with Gasteiger partial charge in [0.2, 0.25) is 0 Å². The molecule has 0 saturated heterocycles. The van der Waals surface area contributed by atoms with Crippen LogP contribution in [0.2, 0.25) is 5.02 Å². The van der Waals surface area contributed by atoms with Crippen LogP contribution in [0.15, 0.2) is 36.7 Å². The number of hydrogen-bond donors (Lipinski definition) is 1. The maximum absolute atomic E-state index is 12.1. The Labute approximate surface area is 133 Å². The number of rotatable bonds is 4. The molecule has 1 aromatic heterocycles. The normalized spacial score (nSPS) is 14.9. The van der Waals surface area contributed by atoms with Crippen molar-refractivity contribution in [1.29, 1.82) is 0 Å². The number of hydrogen-bond acceptors (Lipinski definition) is 2. The summed E-state index contributed by atoms with van der Waals surface area (Å²) >= 11 is 5.88. The third-order valence-electron chi connectivity index (χ3n) is 3.03. The predicted octanol–water partition coefficient (Wildman–Crippen LogP) is 3.64. The van der Waals surface area contributed by atoms with E-state index in [0.29, 0.717) is 5.02 Å². The predicted molar refractivity (Wildman–Crippen MR) is 88.0 cm³/mol. The molecule has 2 atom stereocenters. The summed E-state index contributed by atoms with van der Waals surface area (Å²) in [4.78, 5) is 0. The number of halogens is 1. The number of nitrogens with zero attached hydrogens (tertiary/aromatic N) is 2. The first-order chi connectivity index (χ1) is 9.77. The van der Waals surface area contributed by atoms with Crippen LogP contribution in [0.5, 0.6) is 0 Å². The highest BCUT2D eigenvalue weighted by molar-refractivity contribution is 7.84. The molecule has 0 fully saturated rings. The summed E-state index contributed by atoms with van der Waals surface area (Å²) in [5.74, 6) is 0. The van der Waals surface area contributed by atoms with Crippen molar-refractivity contribution in [1.82, 2.24) is 14.5 Å². The van der Waals surface area contributed by atoms with Crippen LogP contribution in [0.4, 0.5) is 0 Å². The topological polar surface area (TPSA) is 46.9 Å². The smallest absolute Gasteiger partial charge is 0.0975 e. The first-order valence-electron chi connectivity index (χ1n) is 6.76. The molecular formula is C15H20ClN3OS. The summed E-state index contributed by atoms with van der Waals surface area (Å²) in [5.41, 5.74) is 1.93. The molecule has 0 aliphatic rings. The Morgan fingerprint density at radius 1 is 1.29 bits per heavy atom. The lowest BCUT2D eigenvalue weighted by molar-refractivity contribution is 0.616. The number of benzene rings is 1. The van der Waals surface area contributed by atoms with Crippen molar-refractivity contribution in [3.8, 4) is 5.69 Å². The van der Waals surface area contributed by atoms with E-state index >= 15 is 0 Å². The average molecular weight is 326 g/mol. The van der Waals surface area contributed by atoms with Gasteiger partial charge in [0.05, 0.1) is 27.6 Å². The molecule has 2 rings (SSSR count). The van der Waals surface area contributed by atoms with Gasteiger partial charge in [0.1, 0.15) is 0 Å². The minimum Gasteiger partial charge on any atom is -0.242 e. The van der Waals surface area contributed by atoms with Crippen molar-refractivity contribution in [3.63, 3.8) is 0 Å². The lowest BCUT2D eigenvalue weighted by Crippen LogP contribution is -2.34. The highest BCUT2D eigenvalue weighted by atomic mass is 35.5. The summed E-state index contributed by atoms with van der Waals surface area (Å²) in [5, 5.41) is 5.04. The van der Waals surface area contributed by atoms with Crippen molar-refractivity contribution in [3.05, 3.63) is 47.2 Å². The summed E-state index contributed by atoms with van der Waals surface area (Å²) in [7, 11) is -1.11. The van der Waals surface area contributed by atoms with Gasteiger partial charge in [-0.1, -0.05) is 11.6 Å². The molecule has 114 valence electrons. The van der Waals surface area contributed by atoms with Gasteiger partial charge in [-0.05, 0) is 52.0 Å². The van der Waals surface area contributed by atoms with Crippen LogP contribution in [0.25, 0.3) is 5.69 Å². The molecule has 2 aromatic rings. The van der Waals surface area contributed by atoms with E-state index in [1.807, 2.05) is 58.2 Å². The molecule has 0 saturated carbocycles. The van der Waals surface area contributed by atoms with Crippen LogP contribution in [0, 0.1) is 0 Å². The fraction of sp³-hybridized carbons (Fsp3) is 0.400. The zero-order valence-corrected chi connectivity index (χ0v) is 14.2. The quantitative estimate of drug-likeness (QED) is 0.933. The monoisotopic (exact) mass is 325 g/mol.